The van der Waals surface area contributed by atoms with Gasteiger partial charge in [-0.15, -0.1) is 0 Å². The van der Waals surface area contributed by atoms with E-state index >= 15 is 0 Å². The summed E-state index contributed by atoms with van der Waals surface area (Å²) in [5.41, 5.74) is 2.94. The molecule has 0 amide bonds. The molecule has 0 bridgehead atoms. The zero-order valence-corrected chi connectivity index (χ0v) is 9.89. The van der Waals surface area contributed by atoms with E-state index < -0.39 is 0 Å². The van der Waals surface area contributed by atoms with Crippen LogP contribution in [0.3, 0.4) is 0 Å². The number of hydrogen-bond acceptors (Lipinski definition) is 5. The summed E-state index contributed by atoms with van der Waals surface area (Å²) in [6.07, 6.45) is 0. The SMILES string of the molecule is CON=C(C)c1cccc(C(C)=NOC)n1. The molecule has 0 N–H and O–H groups in total. The molecule has 86 valence electrons. The molecule has 5 heteroatoms. The second kappa shape index (κ2) is 5.85. The number of hydrogen-bond donors (Lipinski definition) is 0. The number of oxime groups is 2. The minimum atomic E-state index is 0.717. The van der Waals surface area contributed by atoms with Crippen molar-refractivity contribution in [2.75, 3.05) is 14.2 Å². The normalized spacial score (nSPS) is 12.5. The predicted octanol–water partition coefficient (Wildman–Crippen LogP) is 1.82. The minimum Gasteiger partial charge on any atom is -0.399 e. The van der Waals surface area contributed by atoms with Crippen molar-refractivity contribution in [2.24, 2.45) is 10.3 Å². The van der Waals surface area contributed by atoms with Crippen LogP contribution in [-0.2, 0) is 9.68 Å². The lowest BCUT2D eigenvalue weighted by Crippen LogP contribution is -2.05. The monoisotopic (exact) mass is 221 g/mol. The van der Waals surface area contributed by atoms with E-state index in [4.69, 9.17) is 9.68 Å². The molecule has 16 heavy (non-hydrogen) atoms. The Balaban J connectivity index is 3.04. The first kappa shape index (κ1) is 12.2. The zero-order valence-electron chi connectivity index (χ0n) is 9.89. The molecule has 0 aliphatic carbocycles. The first-order valence-electron chi connectivity index (χ1n) is 4.82. The van der Waals surface area contributed by atoms with Crippen LogP contribution in [0.4, 0.5) is 0 Å². The van der Waals surface area contributed by atoms with Gasteiger partial charge in [-0.2, -0.15) is 0 Å². The van der Waals surface area contributed by atoms with E-state index in [0.29, 0.717) is 0 Å². The Hall–Kier alpha value is -1.91. The van der Waals surface area contributed by atoms with Crippen LogP contribution in [0.1, 0.15) is 25.2 Å². The van der Waals surface area contributed by atoms with Gasteiger partial charge >= 0.3 is 0 Å². The van der Waals surface area contributed by atoms with Crippen LogP contribution in [0.2, 0.25) is 0 Å². The Morgan fingerprint density at radius 2 is 1.44 bits per heavy atom. The van der Waals surface area contributed by atoms with E-state index in [1.807, 2.05) is 32.0 Å². The van der Waals surface area contributed by atoms with E-state index in [1.165, 1.54) is 14.2 Å². The van der Waals surface area contributed by atoms with E-state index in [2.05, 4.69) is 15.3 Å². The molecule has 0 saturated carbocycles. The van der Waals surface area contributed by atoms with Gasteiger partial charge in [0, 0.05) is 0 Å². The summed E-state index contributed by atoms with van der Waals surface area (Å²) in [5.74, 6) is 0. The third-order valence-electron chi connectivity index (χ3n) is 1.95. The highest BCUT2D eigenvalue weighted by Gasteiger charge is 2.04. The molecule has 0 saturated heterocycles. The second-order valence-corrected chi connectivity index (χ2v) is 3.13. The molecule has 0 fully saturated rings. The van der Waals surface area contributed by atoms with E-state index in [-0.39, 0.29) is 0 Å². The fraction of sp³-hybridized carbons (Fsp3) is 0.364. The molecule has 1 rings (SSSR count). The molecule has 1 heterocycles. The lowest BCUT2D eigenvalue weighted by molar-refractivity contribution is 0.213. The topological polar surface area (TPSA) is 56.1 Å². The van der Waals surface area contributed by atoms with Gasteiger partial charge in [0.15, 0.2) is 0 Å². The summed E-state index contributed by atoms with van der Waals surface area (Å²) in [4.78, 5) is 13.8. The third kappa shape index (κ3) is 3.05. The van der Waals surface area contributed by atoms with Crippen LogP contribution >= 0.6 is 0 Å². The average Bonchev–Trinajstić information content (AvgIpc) is 2.30. The third-order valence-corrected chi connectivity index (χ3v) is 1.95. The number of aromatic nitrogens is 1. The van der Waals surface area contributed by atoms with Crippen molar-refractivity contribution in [2.45, 2.75) is 13.8 Å². The van der Waals surface area contributed by atoms with Crippen molar-refractivity contribution >= 4 is 11.4 Å². The Labute approximate surface area is 94.8 Å². The maximum Gasteiger partial charge on any atom is 0.106 e. The Kier molecular flexibility index (Phi) is 4.44. The highest BCUT2D eigenvalue weighted by atomic mass is 16.6. The molecule has 0 spiro atoms. The largest absolute Gasteiger partial charge is 0.399 e. The first-order chi connectivity index (χ1) is 7.69. The van der Waals surface area contributed by atoms with Crippen LogP contribution in [-0.4, -0.2) is 30.6 Å². The fourth-order valence-corrected chi connectivity index (χ4v) is 1.21. The molecular weight excluding hydrogens is 206 g/mol. The molecule has 0 atom stereocenters. The summed E-state index contributed by atoms with van der Waals surface area (Å²) in [6, 6.07) is 5.61. The maximum atomic E-state index is 4.70. The van der Waals surface area contributed by atoms with Crippen LogP contribution in [0.25, 0.3) is 0 Å². The van der Waals surface area contributed by atoms with Crippen LogP contribution in [0.5, 0.6) is 0 Å². The van der Waals surface area contributed by atoms with Crippen molar-refractivity contribution in [1.29, 1.82) is 0 Å². The van der Waals surface area contributed by atoms with Crippen LogP contribution in [0.15, 0.2) is 28.5 Å². The van der Waals surface area contributed by atoms with Gasteiger partial charge in [-0.25, -0.2) is 4.98 Å². The standard InChI is InChI=1S/C11H15N3O2/c1-8(13-15-3)10-6-5-7-11(12-10)9(2)14-16-4/h5-7H,1-4H3. The molecule has 0 radical (unpaired) electrons. The van der Waals surface area contributed by atoms with Crippen molar-refractivity contribution in [3.63, 3.8) is 0 Å². The van der Waals surface area contributed by atoms with Gasteiger partial charge in [-0.1, -0.05) is 16.4 Å². The first-order valence-corrected chi connectivity index (χ1v) is 4.82. The molecule has 5 nitrogen and oxygen atoms in total. The highest BCUT2D eigenvalue weighted by Crippen LogP contribution is 2.03. The van der Waals surface area contributed by atoms with Gasteiger partial charge in [0.2, 0.25) is 0 Å². The van der Waals surface area contributed by atoms with Gasteiger partial charge in [-0.05, 0) is 26.0 Å². The Bertz CT molecular complexity index is 378. The van der Waals surface area contributed by atoms with E-state index in [9.17, 15) is 0 Å². The lowest BCUT2D eigenvalue weighted by atomic mass is 10.2. The summed E-state index contributed by atoms with van der Waals surface area (Å²) in [6.45, 7) is 3.66. The summed E-state index contributed by atoms with van der Waals surface area (Å²) in [7, 11) is 3.01. The van der Waals surface area contributed by atoms with Crippen LogP contribution in [0, 0.1) is 0 Å². The molecule has 0 aliphatic heterocycles. The Morgan fingerprint density at radius 3 is 1.81 bits per heavy atom. The van der Waals surface area contributed by atoms with Gasteiger partial charge in [0.1, 0.15) is 25.6 Å². The van der Waals surface area contributed by atoms with Gasteiger partial charge < -0.3 is 9.68 Å². The zero-order chi connectivity index (χ0) is 12.0. The summed E-state index contributed by atoms with van der Waals surface area (Å²) in [5, 5.41) is 7.65. The number of nitrogens with zero attached hydrogens (tertiary/aromatic N) is 3. The Morgan fingerprint density at radius 1 is 1.00 bits per heavy atom. The van der Waals surface area contributed by atoms with Gasteiger partial charge in [-0.3, -0.25) is 0 Å². The van der Waals surface area contributed by atoms with E-state index in [0.717, 1.165) is 22.8 Å². The molecule has 0 unspecified atom stereocenters. The van der Waals surface area contributed by atoms with Crippen molar-refractivity contribution in [1.82, 2.24) is 4.98 Å². The summed E-state index contributed by atoms with van der Waals surface area (Å²) >= 11 is 0. The van der Waals surface area contributed by atoms with E-state index in [1.54, 1.807) is 0 Å². The highest BCUT2D eigenvalue weighted by molar-refractivity contribution is 6.00. The molecule has 1 aromatic rings. The quantitative estimate of drug-likeness (QED) is 0.575. The minimum absolute atomic E-state index is 0.717. The number of pyridine rings is 1. The fourth-order valence-electron chi connectivity index (χ4n) is 1.21. The van der Waals surface area contributed by atoms with Gasteiger partial charge in [0.05, 0.1) is 11.4 Å². The second-order valence-electron chi connectivity index (χ2n) is 3.13. The smallest absolute Gasteiger partial charge is 0.106 e. The molecule has 0 aromatic carbocycles. The molecule has 0 aliphatic rings. The average molecular weight is 221 g/mol. The lowest BCUT2D eigenvalue weighted by Gasteiger charge is -2.02. The molecule has 1 aromatic heterocycles. The maximum absolute atomic E-state index is 4.70. The molecular formula is C11H15N3O2. The van der Waals surface area contributed by atoms with Crippen molar-refractivity contribution in [3.8, 4) is 0 Å². The predicted molar refractivity (Wildman–Crippen MR) is 62.7 cm³/mol. The van der Waals surface area contributed by atoms with Crippen molar-refractivity contribution in [3.05, 3.63) is 29.6 Å². The summed E-state index contributed by atoms with van der Waals surface area (Å²) < 4.78 is 0. The van der Waals surface area contributed by atoms with Crippen molar-refractivity contribution < 1.29 is 9.68 Å². The van der Waals surface area contributed by atoms with Gasteiger partial charge in [0.25, 0.3) is 0 Å². The van der Waals surface area contributed by atoms with Crippen LogP contribution < -0.4 is 0 Å². The number of rotatable bonds is 4.